The van der Waals surface area contributed by atoms with Gasteiger partial charge in [0.25, 0.3) is 5.91 Å². The van der Waals surface area contributed by atoms with E-state index in [2.05, 4.69) is 21.5 Å². The van der Waals surface area contributed by atoms with E-state index in [1.165, 1.54) is 0 Å². The summed E-state index contributed by atoms with van der Waals surface area (Å²) in [5.74, 6) is 0.997. The van der Waals surface area contributed by atoms with Gasteiger partial charge in [-0.3, -0.25) is 9.59 Å². The minimum Gasteiger partial charge on any atom is -0.497 e. The highest BCUT2D eigenvalue weighted by Crippen LogP contribution is 2.32. The van der Waals surface area contributed by atoms with Crippen LogP contribution in [0.3, 0.4) is 0 Å². The van der Waals surface area contributed by atoms with E-state index in [1.54, 1.807) is 32.2 Å². The highest BCUT2D eigenvalue weighted by molar-refractivity contribution is 6.00. The minimum atomic E-state index is -0.532. The van der Waals surface area contributed by atoms with E-state index < -0.39 is 12.1 Å². The Balaban J connectivity index is 1.41. The average molecular weight is 382 g/mol. The Morgan fingerprint density at radius 3 is 2.89 bits per heavy atom. The Hall–Kier alpha value is -3.10. The lowest BCUT2D eigenvalue weighted by Crippen LogP contribution is -2.39. The number of hydrazine groups is 1. The van der Waals surface area contributed by atoms with Crippen molar-refractivity contribution in [2.24, 2.45) is 0 Å². The van der Waals surface area contributed by atoms with Gasteiger partial charge in [0.1, 0.15) is 17.5 Å². The molecule has 0 radical (unpaired) electrons. The summed E-state index contributed by atoms with van der Waals surface area (Å²) < 4.78 is 10.8. The van der Waals surface area contributed by atoms with Gasteiger partial charge < -0.3 is 20.1 Å². The summed E-state index contributed by atoms with van der Waals surface area (Å²) in [5, 5.41) is 5.66. The molecule has 2 aromatic carbocycles. The predicted molar refractivity (Wildman–Crippen MR) is 104 cm³/mol. The minimum absolute atomic E-state index is 0.00330. The molecule has 8 heteroatoms. The molecule has 1 fully saturated rings. The smallest absolute Gasteiger partial charge is 0.265 e. The Labute approximate surface area is 162 Å². The van der Waals surface area contributed by atoms with Crippen LogP contribution in [0.4, 0.5) is 11.4 Å². The number of anilines is 2. The van der Waals surface area contributed by atoms with Gasteiger partial charge >= 0.3 is 0 Å². The third-order valence-electron chi connectivity index (χ3n) is 4.89. The van der Waals surface area contributed by atoms with Crippen molar-refractivity contribution in [2.75, 3.05) is 17.7 Å². The van der Waals surface area contributed by atoms with E-state index in [9.17, 15) is 9.59 Å². The quantitative estimate of drug-likeness (QED) is 0.645. The second kappa shape index (κ2) is 7.49. The fraction of sp³-hybridized carbons (Fsp3) is 0.300. The molecule has 0 aliphatic carbocycles. The molecular formula is C20H22N4O4. The summed E-state index contributed by atoms with van der Waals surface area (Å²) in [6, 6.07) is 12.6. The van der Waals surface area contributed by atoms with E-state index in [0.29, 0.717) is 23.5 Å². The Kier molecular flexibility index (Phi) is 4.89. The molecule has 2 aliphatic heterocycles. The summed E-state index contributed by atoms with van der Waals surface area (Å²) >= 11 is 0. The normalized spacial score (nSPS) is 23.4. The van der Waals surface area contributed by atoms with Crippen molar-refractivity contribution in [3.8, 4) is 11.5 Å². The fourth-order valence-corrected chi connectivity index (χ4v) is 3.32. The molecule has 0 aromatic heterocycles. The van der Waals surface area contributed by atoms with Crippen molar-refractivity contribution >= 4 is 23.2 Å². The van der Waals surface area contributed by atoms with Crippen LogP contribution in [-0.4, -0.2) is 31.1 Å². The highest BCUT2D eigenvalue weighted by Gasteiger charge is 2.31. The van der Waals surface area contributed by atoms with E-state index >= 15 is 0 Å². The Morgan fingerprint density at radius 2 is 2.07 bits per heavy atom. The van der Waals surface area contributed by atoms with Crippen LogP contribution < -0.4 is 31.0 Å². The molecule has 2 aliphatic rings. The zero-order valence-electron chi connectivity index (χ0n) is 15.6. The SMILES string of the molecule is COc1cccc(C2CC(C(=O)Nc3ccc4c(c3)NC(=O)C(C)O4)NN2)c1. The second-order valence-electron chi connectivity index (χ2n) is 6.86. The van der Waals surface area contributed by atoms with Crippen LogP contribution in [0.5, 0.6) is 11.5 Å². The maximum Gasteiger partial charge on any atom is 0.265 e. The molecular weight excluding hydrogens is 360 g/mol. The molecule has 2 aromatic rings. The number of carbonyl (C=O) groups excluding carboxylic acids is 2. The number of nitrogens with one attached hydrogen (secondary N) is 4. The monoisotopic (exact) mass is 382 g/mol. The van der Waals surface area contributed by atoms with Gasteiger partial charge in [-0.05, 0) is 49.2 Å². The van der Waals surface area contributed by atoms with Gasteiger partial charge in [0.2, 0.25) is 5.91 Å². The van der Waals surface area contributed by atoms with Gasteiger partial charge in [-0.15, -0.1) is 0 Å². The van der Waals surface area contributed by atoms with Gasteiger partial charge in [0, 0.05) is 11.7 Å². The molecule has 0 saturated carbocycles. The number of fused-ring (bicyclic) bond motifs is 1. The number of ether oxygens (including phenoxy) is 2. The molecule has 4 rings (SSSR count). The van der Waals surface area contributed by atoms with Gasteiger partial charge in [-0.25, -0.2) is 10.9 Å². The molecule has 1 saturated heterocycles. The van der Waals surface area contributed by atoms with Crippen molar-refractivity contribution in [1.29, 1.82) is 0 Å². The van der Waals surface area contributed by atoms with Crippen LogP contribution in [0.2, 0.25) is 0 Å². The molecule has 4 N–H and O–H groups in total. The predicted octanol–water partition coefficient (Wildman–Crippen LogP) is 1.96. The van der Waals surface area contributed by atoms with Gasteiger partial charge in [-0.1, -0.05) is 12.1 Å². The number of benzene rings is 2. The number of amides is 2. The van der Waals surface area contributed by atoms with Crippen LogP contribution in [0.1, 0.15) is 24.9 Å². The molecule has 146 valence electrons. The molecule has 2 amide bonds. The highest BCUT2D eigenvalue weighted by atomic mass is 16.5. The number of hydrogen-bond acceptors (Lipinski definition) is 6. The zero-order chi connectivity index (χ0) is 19.7. The molecule has 3 atom stereocenters. The first kappa shape index (κ1) is 18.3. The van der Waals surface area contributed by atoms with Crippen LogP contribution in [0.25, 0.3) is 0 Å². The molecule has 0 bridgehead atoms. The van der Waals surface area contributed by atoms with Crippen LogP contribution >= 0.6 is 0 Å². The van der Waals surface area contributed by atoms with Gasteiger partial charge in [0.15, 0.2) is 6.10 Å². The first-order chi connectivity index (χ1) is 13.5. The van der Waals surface area contributed by atoms with Crippen LogP contribution in [0.15, 0.2) is 42.5 Å². The van der Waals surface area contributed by atoms with E-state index in [0.717, 1.165) is 11.3 Å². The number of carbonyl (C=O) groups is 2. The summed E-state index contributed by atoms with van der Waals surface area (Å²) in [7, 11) is 1.63. The maximum absolute atomic E-state index is 12.6. The lowest BCUT2D eigenvalue weighted by Gasteiger charge is -2.23. The fourth-order valence-electron chi connectivity index (χ4n) is 3.32. The Morgan fingerprint density at radius 1 is 1.21 bits per heavy atom. The topological polar surface area (TPSA) is 101 Å². The second-order valence-corrected chi connectivity index (χ2v) is 6.86. The molecule has 8 nitrogen and oxygen atoms in total. The first-order valence-corrected chi connectivity index (χ1v) is 9.11. The van der Waals surface area contributed by atoms with Crippen molar-refractivity contribution in [3.63, 3.8) is 0 Å². The maximum atomic E-state index is 12.6. The van der Waals surface area contributed by atoms with E-state index in [1.807, 2.05) is 24.3 Å². The number of methoxy groups -OCH3 is 1. The lowest BCUT2D eigenvalue weighted by molar-refractivity contribution is -0.122. The molecule has 3 unspecified atom stereocenters. The third kappa shape index (κ3) is 3.64. The van der Waals surface area contributed by atoms with Crippen LogP contribution in [-0.2, 0) is 9.59 Å². The molecule has 2 heterocycles. The molecule has 0 spiro atoms. The van der Waals surface area contributed by atoms with E-state index in [-0.39, 0.29) is 17.9 Å². The zero-order valence-corrected chi connectivity index (χ0v) is 15.6. The third-order valence-corrected chi connectivity index (χ3v) is 4.89. The van der Waals surface area contributed by atoms with Crippen LogP contribution in [0, 0.1) is 0 Å². The Bertz CT molecular complexity index is 917. The summed E-state index contributed by atoms with van der Waals surface area (Å²) in [6.45, 7) is 1.69. The summed E-state index contributed by atoms with van der Waals surface area (Å²) in [6.07, 6.45) is 0.0663. The van der Waals surface area contributed by atoms with Gasteiger partial charge in [-0.2, -0.15) is 0 Å². The summed E-state index contributed by atoms with van der Waals surface area (Å²) in [4.78, 5) is 24.4. The van der Waals surface area contributed by atoms with Crippen molar-refractivity contribution in [2.45, 2.75) is 31.5 Å². The largest absolute Gasteiger partial charge is 0.497 e. The summed E-state index contributed by atoms with van der Waals surface area (Å²) in [5.41, 5.74) is 8.39. The lowest BCUT2D eigenvalue weighted by atomic mass is 10.0. The average Bonchev–Trinajstić information content (AvgIpc) is 3.20. The standard InChI is InChI=1S/C20H22N4O4/c1-11-19(25)22-16-9-13(6-7-18(16)28-11)21-20(26)17-10-15(23-24-17)12-4-3-5-14(8-12)27-2/h3-9,11,15,17,23-24H,10H2,1-2H3,(H,21,26)(H,22,25). The number of hydrogen-bond donors (Lipinski definition) is 4. The first-order valence-electron chi connectivity index (χ1n) is 9.11. The molecule has 28 heavy (non-hydrogen) atoms. The van der Waals surface area contributed by atoms with Crippen molar-refractivity contribution in [3.05, 3.63) is 48.0 Å². The number of rotatable bonds is 4. The van der Waals surface area contributed by atoms with Gasteiger partial charge in [0.05, 0.1) is 12.8 Å². The van der Waals surface area contributed by atoms with Crippen molar-refractivity contribution < 1.29 is 19.1 Å². The van der Waals surface area contributed by atoms with Crippen molar-refractivity contribution in [1.82, 2.24) is 10.9 Å². The van der Waals surface area contributed by atoms with E-state index in [4.69, 9.17) is 9.47 Å².